The first-order valence-corrected chi connectivity index (χ1v) is 33.3. The molecule has 0 radical (unpaired) electrons. The highest BCUT2D eigenvalue weighted by atomic mass is 35.5. The van der Waals surface area contributed by atoms with Gasteiger partial charge in [0, 0.05) is 21.9 Å². The summed E-state index contributed by atoms with van der Waals surface area (Å²) in [6.07, 6.45) is -0.251. The maximum Gasteiger partial charge on any atom is 0.425 e. The average Bonchev–Trinajstić information content (AvgIpc) is 2.20. The number of hydrogen-bond donors (Lipinski definition) is 6. The van der Waals surface area contributed by atoms with Gasteiger partial charge >= 0.3 is 10.6 Å². The molecule has 5 aromatic carbocycles. The molecule has 3 aromatic heterocycles. The third-order valence-corrected chi connectivity index (χ3v) is 18.0. The van der Waals surface area contributed by atoms with E-state index in [-0.39, 0.29) is 123 Å². The molecule has 0 unspecified atom stereocenters. The number of hydrogen-bond acceptors (Lipinski definition) is 26. The van der Waals surface area contributed by atoms with Crippen molar-refractivity contribution in [1.29, 1.82) is 5.26 Å². The van der Waals surface area contributed by atoms with E-state index in [1.165, 1.54) is 43.3 Å². The van der Waals surface area contributed by atoms with Crippen molar-refractivity contribution in [3.63, 3.8) is 0 Å². The Hall–Kier alpha value is -7.10. The minimum atomic E-state index is -4.90. The van der Waals surface area contributed by atoms with E-state index in [4.69, 9.17) is 29.0 Å². The molecule has 0 saturated heterocycles. The van der Waals surface area contributed by atoms with E-state index >= 15 is 0 Å². The highest BCUT2D eigenvalue weighted by Crippen LogP contribution is 2.45. The second-order valence-electron chi connectivity index (χ2n) is 17.1. The lowest BCUT2D eigenvalue weighted by molar-refractivity contribution is 0.317. The Labute approximate surface area is 484 Å². The molecule has 6 N–H and O–H groups in total. The number of aromatic hydroxyl groups is 1. The van der Waals surface area contributed by atoms with E-state index in [9.17, 15) is 75.2 Å². The lowest BCUT2D eigenvalue weighted by Gasteiger charge is -2.12. The number of rotatable bonds is 19. The Morgan fingerprint density at radius 3 is 1.95 bits per heavy atom. The smallest absolute Gasteiger partial charge is 0.425 e. The molecule has 83 heavy (non-hydrogen) atoms. The fraction of sp³-hybridized carbons (Fsp3) is 0.205. The number of aryl methyl sites for hydroxylation is 2. The molecular weight excluding hydrogens is 1280 g/mol. The molecule has 0 aliphatic heterocycles. The van der Waals surface area contributed by atoms with E-state index in [0.717, 1.165) is 51.8 Å². The molecule has 3 heterocycles. The lowest BCUT2D eigenvalue weighted by atomic mass is 10.1. The molecule has 0 amide bonds. The molecule has 0 saturated carbocycles. The number of fused-ring (bicyclic) bond motifs is 6. The zero-order valence-electron chi connectivity index (χ0n) is 42.0. The summed E-state index contributed by atoms with van der Waals surface area (Å²) in [7, 11) is -26.3. The maximum absolute atomic E-state index is 12.4. The number of halogens is 1. The van der Waals surface area contributed by atoms with Crippen molar-refractivity contribution in [3.05, 3.63) is 87.9 Å². The van der Waals surface area contributed by atoms with Crippen molar-refractivity contribution < 1.29 is 87.3 Å². The zero-order valence-corrected chi connectivity index (χ0v) is 49.3. The van der Waals surface area contributed by atoms with Gasteiger partial charge in [0.15, 0.2) is 11.3 Å². The average molecular weight is 1320 g/mol. The Balaban J connectivity index is 0.00000240. The van der Waals surface area contributed by atoms with Crippen LogP contribution >= 0.6 is 34.7 Å². The van der Waals surface area contributed by atoms with Gasteiger partial charge in [-0.1, -0.05) is 35.1 Å². The summed E-state index contributed by atoms with van der Waals surface area (Å²) in [5.74, 6) is -1.91. The van der Waals surface area contributed by atoms with Gasteiger partial charge in [0.25, 0.3) is 50.6 Å². The lowest BCUT2D eigenvalue weighted by Crippen LogP contribution is -2.08. The van der Waals surface area contributed by atoms with Crippen LogP contribution in [-0.4, -0.2) is 121 Å². The number of nitrogens with zero attached hydrogens (tertiary/aromatic N) is 10. The van der Waals surface area contributed by atoms with Gasteiger partial charge in [-0.2, -0.15) is 52.5 Å². The van der Waals surface area contributed by atoms with Gasteiger partial charge in [0.05, 0.1) is 43.9 Å². The van der Waals surface area contributed by atoms with E-state index < -0.39 is 93.3 Å². The normalized spacial score (nSPS) is 12.8. The van der Waals surface area contributed by atoms with Gasteiger partial charge in [-0.3, -0.25) is 27.2 Å². The molecule has 0 fully saturated rings. The topological polar surface area (TPSA) is 481 Å². The third-order valence-electron chi connectivity index (χ3n) is 11.4. The standard InChI is InChI=1S/C44H37ClN10O17S7.O3S/c1-21-6-9-35(78(66,67)68)38-40(21)55-42(47-38)27(20-46)23(3)37(43(55)56)53-51-31-14-22(2)29(18-33(31)72-10-4-12-75(57,58)59)49-52-32-17-28(45)30(19-34(32)73-11-5-13-76(60,61)62)50-54-44-48-39-36(79(69,70)71)15-24-7-8-25(77(63,64)65)16-26(24)41(39)74-44;1-4(2)3/h6-9,14-19,56H,4-5,10-13H2,1-3H3,(H,57,58,59)(H,60,61,62)(H,63,64,65)(H,66,67,68)(H,69,70,71);. The summed E-state index contributed by atoms with van der Waals surface area (Å²) in [6.45, 7) is 4.28. The molecule has 30 nitrogen and oxygen atoms in total. The van der Waals surface area contributed by atoms with Gasteiger partial charge in [-0.15, -0.1) is 50.0 Å². The number of azo groups is 3. The fourth-order valence-corrected chi connectivity index (χ4v) is 12.9. The quantitative estimate of drug-likeness (QED) is 0.0190. The first-order chi connectivity index (χ1) is 38.6. The van der Waals surface area contributed by atoms with Gasteiger partial charge in [-0.05, 0) is 98.3 Å². The summed E-state index contributed by atoms with van der Waals surface area (Å²) < 4.78 is 200. The van der Waals surface area contributed by atoms with Crippen LogP contribution in [0.3, 0.4) is 0 Å². The molecule has 0 aliphatic carbocycles. The minimum absolute atomic E-state index is 0.0290. The molecule has 0 aliphatic rings. The number of pyridine rings is 1. The Morgan fingerprint density at radius 2 is 1.33 bits per heavy atom. The van der Waals surface area contributed by atoms with Gasteiger partial charge in [-0.25, -0.2) is 9.97 Å². The second kappa shape index (κ2) is 24.6. The largest absolute Gasteiger partial charge is 0.493 e. The van der Waals surface area contributed by atoms with Crippen LogP contribution in [0.1, 0.15) is 35.1 Å². The number of imidazole rings is 1. The molecule has 0 bridgehead atoms. The molecule has 0 spiro atoms. The molecule has 0 atom stereocenters. The predicted molar refractivity (Wildman–Crippen MR) is 298 cm³/mol. The Morgan fingerprint density at radius 1 is 0.699 bits per heavy atom. The van der Waals surface area contributed by atoms with Gasteiger partial charge < -0.3 is 9.84 Å². The van der Waals surface area contributed by atoms with Crippen molar-refractivity contribution in [2.24, 2.45) is 30.7 Å². The zero-order chi connectivity index (χ0) is 61.3. The SMILES string of the molecule is Cc1cc(N=Nc2c(C)c(C#N)c3nc4c(S(=O)(=O)O)ccc(C)c4n3c2O)c(OCCCS(=O)(=O)O)cc1N=Nc1cc(Cl)c(N=Nc2nc3c(S(=O)(=O)O)cc4ccc(S(=O)(=O)O)cc4c3s2)cc1SCCCS(=O)(=O)O.O=S(=O)=O. The van der Waals surface area contributed by atoms with Crippen LogP contribution in [0.4, 0.5) is 33.6 Å². The summed E-state index contributed by atoms with van der Waals surface area (Å²) >= 11 is 8.50. The summed E-state index contributed by atoms with van der Waals surface area (Å²) in [5, 5.41) is 47.6. The number of benzene rings is 5. The molecule has 8 aromatic rings. The first-order valence-electron chi connectivity index (χ1n) is 22.6. The monoisotopic (exact) mass is 1320 g/mol. The van der Waals surface area contributed by atoms with Crippen LogP contribution < -0.4 is 4.74 Å². The van der Waals surface area contributed by atoms with Crippen LogP contribution in [0.5, 0.6) is 11.6 Å². The molecule has 39 heteroatoms. The van der Waals surface area contributed by atoms with Crippen LogP contribution in [0.15, 0.2) is 111 Å². The Kier molecular flexibility index (Phi) is 18.8. The van der Waals surface area contributed by atoms with Crippen molar-refractivity contribution >= 4 is 167 Å². The van der Waals surface area contributed by atoms with E-state index in [0.29, 0.717) is 11.1 Å². The second-order valence-corrected chi connectivity index (χ2v) is 27.4. The fourth-order valence-electron chi connectivity index (χ4n) is 7.76. The van der Waals surface area contributed by atoms with Crippen LogP contribution in [0.2, 0.25) is 5.02 Å². The van der Waals surface area contributed by atoms with E-state index in [1.54, 1.807) is 13.8 Å². The van der Waals surface area contributed by atoms with Gasteiger partial charge in [0.1, 0.15) is 55.3 Å². The van der Waals surface area contributed by atoms with Crippen molar-refractivity contribution in [1.82, 2.24) is 14.4 Å². The number of thiazole rings is 1. The number of thioether (sulfide) groups is 1. The van der Waals surface area contributed by atoms with Crippen molar-refractivity contribution in [2.45, 2.75) is 53.2 Å². The van der Waals surface area contributed by atoms with Crippen LogP contribution in [0.25, 0.3) is 37.7 Å². The van der Waals surface area contributed by atoms with Crippen molar-refractivity contribution in [2.75, 3.05) is 23.9 Å². The first kappa shape index (κ1) is 63.5. The predicted octanol–water partition coefficient (Wildman–Crippen LogP) is 9.42. The van der Waals surface area contributed by atoms with Crippen molar-refractivity contribution in [3.8, 4) is 17.7 Å². The van der Waals surface area contributed by atoms with E-state index in [2.05, 4.69) is 40.7 Å². The molecule has 8 rings (SSSR count). The molecule has 438 valence electrons. The maximum atomic E-state index is 12.4. The Bertz CT molecular complexity index is 4870. The van der Waals surface area contributed by atoms with Crippen LogP contribution in [0, 0.1) is 32.1 Å². The van der Waals surface area contributed by atoms with Crippen LogP contribution in [-0.2, 0) is 61.2 Å². The number of ether oxygens (including phenoxy) is 1. The number of aromatic nitrogens is 3. The molecular formula is C44H37ClN10O20S8. The minimum Gasteiger partial charge on any atom is -0.493 e. The summed E-state index contributed by atoms with van der Waals surface area (Å²) in [5.41, 5.74) is -0.103. The van der Waals surface area contributed by atoms with E-state index in [1.807, 2.05) is 6.07 Å². The summed E-state index contributed by atoms with van der Waals surface area (Å²) in [4.78, 5) is 7.07. The van der Waals surface area contributed by atoms with Gasteiger partial charge in [0.2, 0.25) is 11.0 Å². The highest BCUT2D eigenvalue weighted by molar-refractivity contribution is 7.99. The summed E-state index contributed by atoms with van der Waals surface area (Å²) in [6, 6.07) is 14.4. The number of nitriles is 1. The third kappa shape index (κ3) is 15.2. The highest BCUT2D eigenvalue weighted by Gasteiger charge is 2.27.